The first-order valence-electron chi connectivity index (χ1n) is 9.45. The molecule has 1 aromatic heterocycles. The zero-order chi connectivity index (χ0) is 20.2. The monoisotopic (exact) mass is 390 g/mol. The molecule has 0 saturated carbocycles. The van der Waals surface area contributed by atoms with Gasteiger partial charge in [-0.25, -0.2) is 4.98 Å². The average Bonchev–Trinajstić information content (AvgIpc) is 3.20. The highest BCUT2D eigenvalue weighted by Crippen LogP contribution is 2.16. The van der Waals surface area contributed by atoms with E-state index in [4.69, 9.17) is 4.74 Å². The SMILES string of the molecule is COc1cccc(CNC(=O)c2cn3c(n2)C(=O)N(Cc2ccccc2)CC3)c1. The fourth-order valence-corrected chi connectivity index (χ4v) is 3.35. The highest BCUT2D eigenvalue weighted by Gasteiger charge is 2.28. The molecule has 0 aliphatic carbocycles. The number of hydrogen-bond acceptors (Lipinski definition) is 4. The molecule has 0 unspecified atom stereocenters. The molecule has 29 heavy (non-hydrogen) atoms. The van der Waals surface area contributed by atoms with Crippen LogP contribution in [0.2, 0.25) is 0 Å². The van der Waals surface area contributed by atoms with Crippen LogP contribution in [0.25, 0.3) is 0 Å². The van der Waals surface area contributed by atoms with Crippen molar-refractivity contribution in [3.63, 3.8) is 0 Å². The number of carbonyl (C=O) groups is 2. The van der Waals surface area contributed by atoms with Gasteiger partial charge in [-0.2, -0.15) is 0 Å². The van der Waals surface area contributed by atoms with E-state index in [-0.39, 0.29) is 17.5 Å². The summed E-state index contributed by atoms with van der Waals surface area (Å²) >= 11 is 0. The lowest BCUT2D eigenvalue weighted by atomic mass is 10.2. The lowest BCUT2D eigenvalue weighted by molar-refractivity contribution is 0.0683. The number of imidazole rings is 1. The first-order chi connectivity index (χ1) is 14.1. The number of rotatable bonds is 6. The predicted molar refractivity (Wildman–Crippen MR) is 108 cm³/mol. The third kappa shape index (κ3) is 4.13. The van der Waals surface area contributed by atoms with Crippen LogP contribution in [0.5, 0.6) is 5.75 Å². The van der Waals surface area contributed by atoms with Crippen LogP contribution in [0, 0.1) is 0 Å². The zero-order valence-electron chi connectivity index (χ0n) is 16.2. The van der Waals surface area contributed by atoms with Crippen molar-refractivity contribution < 1.29 is 14.3 Å². The minimum atomic E-state index is -0.308. The largest absolute Gasteiger partial charge is 0.497 e. The molecule has 1 N–H and O–H groups in total. The number of carbonyl (C=O) groups excluding carboxylic acids is 2. The summed E-state index contributed by atoms with van der Waals surface area (Å²) in [6, 6.07) is 17.3. The third-order valence-corrected chi connectivity index (χ3v) is 4.90. The molecule has 1 aliphatic heterocycles. The van der Waals surface area contributed by atoms with Crippen molar-refractivity contribution in [2.45, 2.75) is 19.6 Å². The summed E-state index contributed by atoms with van der Waals surface area (Å²) in [7, 11) is 1.60. The minimum Gasteiger partial charge on any atom is -0.497 e. The van der Waals surface area contributed by atoms with Gasteiger partial charge in [-0.3, -0.25) is 9.59 Å². The quantitative estimate of drug-likeness (QED) is 0.702. The molecular weight excluding hydrogens is 368 g/mol. The van der Waals surface area contributed by atoms with Gasteiger partial charge in [0.25, 0.3) is 11.8 Å². The van der Waals surface area contributed by atoms with Crippen LogP contribution in [-0.4, -0.2) is 39.9 Å². The Balaban J connectivity index is 1.43. The third-order valence-electron chi connectivity index (χ3n) is 4.90. The standard InChI is InChI=1S/C22H22N4O3/c1-29-18-9-5-8-17(12-18)13-23-21(27)19-15-25-10-11-26(22(28)20(25)24-19)14-16-6-3-2-4-7-16/h2-9,12,15H,10-11,13-14H2,1H3,(H,23,27). The maximum absolute atomic E-state index is 12.8. The van der Waals surface area contributed by atoms with Crippen LogP contribution in [0.4, 0.5) is 0 Å². The van der Waals surface area contributed by atoms with E-state index in [0.29, 0.717) is 32.0 Å². The van der Waals surface area contributed by atoms with E-state index in [0.717, 1.165) is 16.9 Å². The number of nitrogens with zero attached hydrogens (tertiary/aromatic N) is 3. The lowest BCUT2D eigenvalue weighted by Gasteiger charge is -2.27. The number of nitrogens with one attached hydrogen (secondary N) is 1. The van der Waals surface area contributed by atoms with Gasteiger partial charge in [-0.15, -0.1) is 0 Å². The van der Waals surface area contributed by atoms with E-state index >= 15 is 0 Å². The molecule has 0 spiro atoms. The number of methoxy groups -OCH3 is 1. The maximum Gasteiger partial charge on any atom is 0.290 e. The Hall–Kier alpha value is -3.61. The van der Waals surface area contributed by atoms with Gasteiger partial charge in [0.15, 0.2) is 5.82 Å². The number of ether oxygens (including phenoxy) is 1. The van der Waals surface area contributed by atoms with Crippen molar-refractivity contribution >= 4 is 11.8 Å². The van der Waals surface area contributed by atoms with Gasteiger partial charge in [-0.1, -0.05) is 42.5 Å². The van der Waals surface area contributed by atoms with Gasteiger partial charge in [0.2, 0.25) is 0 Å². The molecule has 2 aromatic carbocycles. The summed E-state index contributed by atoms with van der Waals surface area (Å²) in [5.74, 6) is 0.570. The van der Waals surface area contributed by atoms with Gasteiger partial charge in [0.05, 0.1) is 7.11 Å². The van der Waals surface area contributed by atoms with Crippen molar-refractivity contribution in [1.82, 2.24) is 19.8 Å². The van der Waals surface area contributed by atoms with Gasteiger partial charge in [0.1, 0.15) is 11.4 Å². The fourth-order valence-electron chi connectivity index (χ4n) is 3.35. The maximum atomic E-state index is 12.8. The van der Waals surface area contributed by atoms with Crippen molar-refractivity contribution in [3.8, 4) is 5.75 Å². The van der Waals surface area contributed by atoms with Crippen molar-refractivity contribution in [3.05, 3.63) is 83.4 Å². The Labute approximate surface area is 168 Å². The molecule has 7 nitrogen and oxygen atoms in total. The van der Waals surface area contributed by atoms with E-state index in [1.807, 2.05) is 54.6 Å². The summed E-state index contributed by atoms with van der Waals surface area (Å²) in [5.41, 5.74) is 2.24. The highest BCUT2D eigenvalue weighted by atomic mass is 16.5. The first kappa shape index (κ1) is 18.7. The Morgan fingerprint density at radius 3 is 2.69 bits per heavy atom. The predicted octanol–water partition coefficient (Wildman–Crippen LogP) is 2.48. The molecule has 7 heteroatoms. The van der Waals surface area contributed by atoms with E-state index in [9.17, 15) is 9.59 Å². The normalized spacial score (nSPS) is 13.1. The second kappa shape index (κ2) is 8.18. The van der Waals surface area contributed by atoms with Crippen LogP contribution in [0.15, 0.2) is 60.8 Å². The van der Waals surface area contributed by atoms with Crippen LogP contribution in [-0.2, 0) is 19.6 Å². The topological polar surface area (TPSA) is 76.5 Å². The molecular formula is C22H22N4O3. The van der Waals surface area contributed by atoms with E-state index in [1.165, 1.54) is 0 Å². The summed E-state index contributed by atoms with van der Waals surface area (Å²) < 4.78 is 6.95. The van der Waals surface area contributed by atoms with Gasteiger partial charge in [-0.05, 0) is 23.3 Å². The molecule has 0 fully saturated rings. The van der Waals surface area contributed by atoms with Crippen molar-refractivity contribution in [1.29, 1.82) is 0 Å². The zero-order valence-corrected chi connectivity index (χ0v) is 16.2. The Morgan fingerprint density at radius 2 is 1.90 bits per heavy atom. The number of hydrogen-bond donors (Lipinski definition) is 1. The lowest BCUT2D eigenvalue weighted by Crippen LogP contribution is -2.39. The van der Waals surface area contributed by atoms with Crippen LogP contribution in [0.3, 0.4) is 0 Å². The number of fused-ring (bicyclic) bond motifs is 1. The first-order valence-corrected chi connectivity index (χ1v) is 9.45. The van der Waals surface area contributed by atoms with E-state index < -0.39 is 0 Å². The second-order valence-corrected chi connectivity index (χ2v) is 6.89. The summed E-state index contributed by atoms with van der Waals surface area (Å²) in [6.45, 7) is 2.09. The Morgan fingerprint density at radius 1 is 1.10 bits per heavy atom. The van der Waals surface area contributed by atoms with Crippen LogP contribution < -0.4 is 10.1 Å². The molecule has 148 valence electrons. The summed E-state index contributed by atoms with van der Waals surface area (Å²) in [4.78, 5) is 31.4. The van der Waals surface area contributed by atoms with Crippen LogP contribution >= 0.6 is 0 Å². The summed E-state index contributed by atoms with van der Waals surface area (Å²) in [6.07, 6.45) is 1.65. The molecule has 3 aromatic rings. The van der Waals surface area contributed by atoms with Gasteiger partial charge >= 0.3 is 0 Å². The van der Waals surface area contributed by atoms with Gasteiger partial charge in [0, 0.05) is 32.4 Å². The Bertz CT molecular complexity index is 1030. The highest BCUT2D eigenvalue weighted by molar-refractivity contribution is 5.96. The smallest absolute Gasteiger partial charge is 0.290 e. The molecule has 0 saturated heterocycles. The minimum absolute atomic E-state index is 0.160. The van der Waals surface area contributed by atoms with Crippen LogP contribution in [0.1, 0.15) is 32.2 Å². The summed E-state index contributed by atoms with van der Waals surface area (Å²) in [5, 5.41) is 2.85. The molecule has 2 amide bonds. The number of amides is 2. The van der Waals surface area contributed by atoms with E-state index in [2.05, 4.69) is 10.3 Å². The second-order valence-electron chi connectivity index (χ2n) is 6.89. The van der Waals surface area contributed by atoms with Crippen molar-refractivity contribution in [2.75, 3.05) is 13.7 Å². The molecule has 1 aliphatic rings. The molecule has 4 rings (SSSR count). The van der Waals surface area contributed by atoms with E-state index in [1.54, 1.807) is 22.8 Å². The molecule has 0 atom stereocenters. The fraction of sp³-hybridized carbons (Fsp3) is 0.227. The molecule has 2 heterocycles. The molecule has 0 bridgehead atoms. The number of benzene rings is 2. The molecule has 0 radical (unpaired) electrons. The Kier molecular flexibility index (Phi) is 5.29. The van der Waals surface area contributed by atoms with Gasteiger partial charge < -0.3 is 19.5 Å². The van der Waals surface area contributed by atoms with Crippen molar-refractivity contribution in [2.24, 2.45) is 0 Å². The average molecular weight is 390 g/mol. The number of aromatic nitrogens is 2.